The number of hydrogen-bond acceptors (Lipinski definition) is 7. The number of pyridine rings is 3. The van der Waals surface area contributed by atoms with Crippen LogP contribution in [0.2, 0.25) is 0 Å². The molecule has 0 radical (unpaired) electrons. The summed E-state index contributed by atoms with van der Waals surface area (Å²) in [6, 6.07) is 5.76. The van der Waals surface area contributed by atoms with Crippen molar-refractivity contribution < 1.29 is 21.6 Å². The molecule has 12 heteroatoms. The highest BCUT2D eigenvalue weighted by atomic mass is 32.2. The summed E-state index contributed by atoms with van der Waals surface area (Å²) in [5.74, 6) is -0.170. The lowest BCUT2D eigenvalue weighted by molar-refractivity contribution is -0.141. The number of rotatable bonds is 4. The summed E-state index contributed by atoms with van der Waals surface area (Å²) in [6.45, 7) is 1.47. The van der Waals surface area contributed by atoms with Gasteiger partial charge in [0.25, 0.3) is 0 Å². The minimum absolute atomic E-state index is 0.00134. The highest BCUT2D eigenvalue weighted by molar-refractivity contribution is 7.91. The Kier molecular flexibility index (Phi) is 5.37. The Hall–Kier alpha value is -3.85. The summed E-state index contributed by atoms with van der Waals surface area (Å²) in [4.78, 5) is 15.7. The first kappa shape index (κ1) is 22.3. The Balaban J connectivity index is 1.97. The van der Waals surface area contributed by atoms with Crippen molar-refractivity contribution in [3.63, 3.8) is 0 Å². The standard InChI is InChI=1S/C21H15F3N6O2S/c1-3-33(31,32)17-6-12(14-4-5-26-9-13(14)8-25)10-28-19(17)20-29-15-7-18(21(22,23)24)27-11-16(15)30(20)2/h4-7,9-11H,3H2,1-2H3. The van der Waals surface area contributed by atoms with Crippen LogP contribution >= 0.6 is 0 Å². The molecule has 0 aromatic carbocycles. The highest BCUT2D eigenvalue weighted by Gasteiger charge is 2.33. The number of aromatic nitrogens is 5. The number of sulfone groups is 1. The fraction of sp³-hybridized carbons (Fsp3) is 0.190. The lowest BCUT2D eigenvalue weighted by Crippen LogP contribution is -2.09. The summed E-state index contributed by atoms with van der Waals surface area (Å²) in [5, 5.41) is 9.36. The molecule has 0 unspecified atom stereocenters. The summed E-state index contributed by atoms with van der Waals surface area (Å²) >= 11 is 0. The van der Waals surface area contributed by atoms with Gasteiger partial charge < -0.3 is 4.57 Å². The average molecular weight is 472 g/mol. The average Bonchev–Trinajstić information content (AvgIpc) is 3.13. The van der Waals surface area contributed by atoms with Gasteiger partial charge in [0, 0.05) is 36.8 Å². The van der Waals surface area contributed by atoms with E-state index >= 15 is 0 Å². The maximum atomic E-state index is 13.1. The molecule has 0 aliphatic heterocycles. The van der Waals surface area contributed by atoms with E-state index in [0.29, 0.717) is 11.1 Å². The molecule has 0 aliphatic rings. The molecule has 0 amide bonds. The van der Waals surface area contributed by atoms with Crippen molar-refractivity contribution in [3.05, 3.63) is 54.2 Å². The van der Waals surface area contributed by atoms with E-state index in [2.05, 4.69) is 19.9 Å². The van der Waals surface area contributed by atoms with E-state index in [9.17, 15) is 26.9 Å². The summed E-state index contributed by atoms with van der Waals surface area (Å²) in [6.07, 6.45) is 0.598. The quantitative estimate of drug-likeness (QED) is 0.444. The van der Waals surface area contributed by atoms with E-state index < -0.39 is 21.7 Å². The van der Waals surface area contributed by atoms with E-state index in [4.69, 9.17) is 0 Å². The number of imidazole rings is 1. The molecule has 33 heavy (non-hydrogen) atoms. The zero-order valence-corrected chi connectivity index (χ0v) is 18.1. The van der Waals surface area contributed by atoms with Crippen LogP contribution in [0.3, 0.4) is 0 Å². The Morgan fingerprint density at radius 2 is 1.91 bits per heavy atom. The maximum absolute atomic E-state index is 13.1. The molecule has 0 fully saturated rings. The zero-order chi connectivity index (χ0) is 24.0. The topological polar surface area (TPSA) is 114 Å². The lowest BCUT2D eigenvalue weighted by Gasteiger charge is -2.12. The number of aryl methyl sites for hydroxylation is 1. The van der Waals surface area contributed by atoms with Crippen molar-refractivity contribution in [1.29, 1.82) is 5.26 Å². The summed E-state index contributed by atoms with van der Waals surface area (Å²) in [5.41, 5.74) is 0.227. The molecule has 8 nitrogen and oxygen atoms in total. The van der Waals surface area contributed by atoms with Gasteiger partial charge in [-0.15, -0.1) is 0 Å². The van der Waals surface area contributed by atoms with Gasteiger partial charge in [-0.25, -0.2) is 18.4 Å². The van der Waals surface area contributed by atoms with Gasteiger partial charge >= 0.3 is 6.18 Å². The minimum Gasteiger partial charge on any atom is -0.324 e. The van der Waals surface area contributed by atoms with E-state index in [1.54, 1.807) is 6.07 Å². The van der Waals surface area contributed by atoms with Crippen LogP contribution in [0.15, 0.2) is 47.9 Å². The van der Waals surface area contributed by atoms with Gasteiger partial charge in [-0.05, 0) is 18.2 Å². The molecule has 4 heterocycles. The second-order valence-electron chi connectivity index (χ2n) is 7.06. The smallest absolute Gasteiger partial charge is 0.324 e. The van der Waals surface area contributed by atoms with Crippen molar-refractivity contribution >= 4 is 20.9 Å². The Morgan fingerprint density at radius 3 is 2.58 bits per heavy atom. The first-order valence-electron chi connectivity index (χ1n) is 9.54. The second-order valence-corrected chi connectivity index (χ2v) is 9.30. The lowest BCUT2D eigenvalue weighted by atomic mass is 10.0. The summed E-state index contributed by atoms with van der Waals surface area (Å²) in [7, 11) is -2.29. The van der Waals surface area contributed by atoms with Crippen molar-refractivity contribution in [2.75, 3.05) is 5.75 Å². The van der Waals surface area contributed by atoms with E-state index in [1.165, 1.54) is 43.2 Å². The van der Waals surface area contributed by atoms with Crippen molar-refractivity contribution in [2.24, 2.45) is 7.05 Å². The normalized spacial score (nSPS) is 12.1. The van der Waals surface area contributed by atoms with Crippen molar-refractivity contribution in [1.82, 2.24) is 24.5 Å². The van der Waals surface area contributed by atoms with Gasteiger partial charge in [0.05, 0.1) is 33.4 Å². The monoisotopic (exact) mass is 472 g/mol. The molecular formula is C21H15F3N6O2S. The van der Waals surface area contributed by atoms with Gasteiger partial charge in [0.1, 0.15) is 17.5 Å². The third kappa shape index (κ3) is 3.91. The van der Waals surface area contributed by atoms with Crippen LogP contribution in [-0.2, 0) is 23.1 Å². The molecule has 0 saturated heterocycles. The first-order chi connectivity index (χ1) is 15.6. The SMILES string of the molecule is CCS(=O)(=O)c1cc(-c2ccncc2C#N)cnc1-c1nc2cc(C(F)(F)F)ncc2n1C. The number of nitrogens with zero attached hydrogens (tertiary/aromatic N) is 6. The van der Waals surface area contributed by atoms with Crippen LogP contribution in [-0.4, -0.2) is 38.7 Å². The summed E-state index contributed by atoms with van der Waals surface area (Å²) < 4.78 is 66.5. The van der Waals surface area contributed by atoms with Crippen molar-refractivity contribution in [3.8, 4) is 28.7 Å². The molecule has 0 N–H and O–H groups in total. The Bertz CT molecular complexity index is 1540. The third-order valence-electron chi connectivity index (χ3n) is 5.09. The van der Waals surface area contributed by atoms with Crippen LogP contribution in [0.1, 0.15) is 18.2 Å². The van der Waals surface area contributed by atoms with Crippen molar-refractivity contribution in [2.45, 2.75) is 18.0 Å². The Morgan fingerprint density at radius 1 is 1.15 bits per heavy atom. The molecule has 0 aliphatic carbocycles. The Labute approximate surface area is 186 Å². The van der Waals surface area contributed by atoms with E-state index in [-0.39, 0.29) is 38.8 Å². The minimum atomic E-state index is -4.65. The molecule has 0 atom stereocenters. The largest absolute Gasteiger partial charge is 0.433 e. The highest BCUT2D eigenvalue weighted by Crippen LogP contribution is 2.34. The fourth-order valence-electron chi connectivity index (χ4n) is 3.34. The zero-order valence-electron chi connectivity index (χ0n) is 17.3. The fourth-order valence-corrected chi connectivity index (χ4v) is 4.40. The molecule has 4 rings (SSSR count). The molecule has 0 bridgehead atoms. The van der Waals surface area contributed by atoms with Crippen LogP contribution in [0.25, 0.3) is 33.7 Å². The van der Waals surface area contributed by atoms with Gasteiger partial charge in [0.15, 0.2) is 15.7 Å². The number of nitriles is 1. The number of halogens is 3. The van der Waals surface area contributed by atoms with Crippen LogP contribution < -0.4 is 0 Å². The van der Waals surface area contributed by atoms with E-state index in [1.807, 2.05) is 6.07 Å². The predicted molar refractivity (Wildman–Crippen MR) is 112 cm³/mol. The second kappa shape index (κ2) is 7.93. The van der Waals surface area contributed by atoms with Crippen LogP contribution in [0.5, 0.6) is 0 Å². The molecule has 168 valence electrons. The van der Waals surface area contributed by atoms with Gasteiger partial charge in [-0.1, -0.05) is 6.92 Å². The number of hydrogen-bond donors (Lipinski definition) is 0. The number of alkyl halides is 3. The number of fused-ring (bicyclic) bond motifs is 1. The molecule has 4 aromatic rings. The third-order valence-corrected chi connectivity index (χ3v) is 6.83. The van der Waals surface area contributed by atoms with Gasteiger partial charge in [0.2, 0.25) is 0 Å². The molecular weight excluding hydrogens is 457 g/mol. The van der Waals surface area contributed by atoms with Gasteiger partial charge in [-0.2, -0.15) is 18.4 Å². The van der Waals surface area contributed by atoms with Crippen LogP contribution in [0, 0.1) is 11.3 Å². The predicted octanol–water partition coefficient (Wildman–Crippen LogP) is 3.78. The van der Waals surface area contributed by atoms with Gasteiger partial charge in [-0.3, -0.25) is 9.97 Å². The molecule has 4 aromatic heterocycles. The molecule has 0 spiro atoms. The molecule has 0 saturated carbocycles. The van der Waals surface area contributed by atoms with E-state index in [0.717, 1.165) is 12.3 Å². The van der Waals surface area contributed by atoms with Crippen LogP contribution in [0.4, 0.5) is 13.2 Å². The maximum Gasteiger partial charge on any atom is 0.433 e. The first-order valence-corrected chi connectivity index (χ1v) is 11.2.